The van der Waals surface area contributed by atoms with Crippen LogP contribution in [0.25, 0.3) is 0 Å². The van der Waals surface area contributed by atoms with Crippen LogP contribution in [0.15, 0.2) is 82.4 Å². The Bertz CT molecular complexity index is 1170. The minimum atomic E-state index is -0.981. The van der Waals surface area contributed by atoms with Crippen molar-refractivity contribution in [2.75, 3.05) is 12.4 Å². The molecule has 2 amide bonds. The first-order valence-corrected chi connectivity index (χ1v) is 10.1. The highest BCUT2D eigenvalue weighted by atomic mass is 79.9. The number of ether oxygens (including phenoxy) is 2. The number of methoxy groups -OCH3 is 1. The number of anilines is 1. The number of hydrogen-bond donors (Lipinski definition) is 2. The van der Waals surface area contributed by atoms with Gasteiger partial charge in [0, 0.05) is 10.0 Å². The summed E-state index contributed by atoms with van der Waals surface area (Å²) in [4.78, 5) is 36.5. The molecule has 0 saturated heterocycles. The topological polar surface area (TPSA) is 106 Å². The van der Waals surface area contributed by atoms with Gasteiger partial charge in [0.2, 0.25) is 0 Å². The maximum Gasteiger partial charge on any atom is 0.343 e. The molecule has 3 aromatic rings. The minimum absolute atomic E-state index is 0.235. The number of benzene rings is 3. The fourth-order valence-electron chi connectivity index (χ4n) is 2.58. The maximum absolute atomic E-state index is 12.3. The zero-order chi connectivity index (χ0) is 22.9. The van der Waals surface area contributed by atoms with Gasteiger partial charge in [-0.2, -0.15) is 5.10 Å². The molecule has 0 spiro atoms. The summed E-state index contributed by atoms with van der Waals surface area (Å²) in [5.74, 6) is -1.79. The Morgan fingerprint density at radius 2 is 1.62 bits per heavy atom. The van der Waals surface area contributed by atoms with Crippen LogP contribution in [0.4, 0.5) is 5.69 Å². The molecule has 0 aromatic heterocycles. The molecule has 0 unspecified atom stereocenters. The van der Waals surface area contributed by atoms with Gasteiger partial charge in [0.1, 0.15) is 11.5 Å². The highest BCUT2D eigenvalue weighted by Gasteiger charge is 2.15. The second-order valence-electron chi connectivity index (χ2n) is 6.29. The fraction of sp³-hybridized carbons (Fsp3) is 0.0435. The Kier molecular flexibility index (Phi) is 7.71. The molecule has 0 aliphatic rings. The number of para-hydroxylation sites is 2. The number of esters is 1. The predicted octanol–water partition coefficient (Wildman–Crippen LogP) is 3.77. The molecule has 0 atom stereocenters. The second kappa shape index (κ2) is 10.9. The number of rotatable bonds is 6. The molecule has 162 valence electrons. The Balaban J connectivity index is 1.66. The molecule has 3 aromatic carbocycles. The Labute approximate surface area is 192 Å². The van der Waals surface area contributed by atoms with Crippen LogP contribution in [-0.2, 0) is 9.59 Å². The fourth-order valence-corrected chi connectivity index (χ4v) is 2.96. The van der Waals surface area contributed by atoms with E-state index in [4.69, 9.17) is 9.47 Å². The molecule has 0 bridgehead atoms. The van der Waals surface area contributed by atoms with Crippen molar-refractivity contribution >= 4 is 45.6 Å². The van der Waals surface area contributed by atoms with E-state index in [9.17, 15) is 14.4 Å². The molecule has 0 saturated carbocycles. The monoisotopic (exact) mass is 495 g/mol. The van der Waals surface area contributed by atoms with Crippen molar-refractivity contribution in [1.29, 1.82) is 0 Å². The number of carbonyl (C=O) groups is 3. The zero-order valence-corrected chi connectivity index (χ0v) is 18.5. The lowest BCUT2D eigenvalue weighted by molar-refractivity contribution is -0.136. The predicted molar refractivity (Wildman–Crippen MR) is 123 cm³/mol. The van der Waals surface area contributed by atoms with Crippen molar-refractivity contribution in [1.82, 2.24) is 5.43 Å². The van der Waals surface area contributed by atoms with E-state index in [1.165, 1.54) is 13.3 Å². The van der Waals surface area contributed by atoms with Crippen LogP contribution in [0.2, 0.25) is 0 Å². The first kappa shape index (κ1) is 22.7. The molecule has 3 rings (SSSR count). The lowest BCUT2D eigenvalue weighted by Gasteiger charge is -2.09. The number of carbonyl (C=O) groups excluding carboxylic acids is 3. The number of hydrazone groups is 1. The summed E-state index contributed by atoms with van der Waals surface area (Å²) in [7, 11) is 1.45. The third-order valence-corrected chi connectivity index (χ3v) is 4.61. The average molecular weight is 496 g/mol. The van der Waals surface area contributed by atoms with Gasteiger partial charge in [0.05, 0.1) is 24.6 Å². The maximum atomic E-state index is 12.3. The van der Waals surface area contributed by atoms with E-state index in [-0.39, 0.29) is 5.75 Å². The molecule has 0 fully saturated rings. The van der Waals surface area contributed by atoms with Crippen LogP contribution in [0.3, 0.4) is 0 Å². The van der Waals surface area contributed by atoms with Crippen LogP contribution in [0, 0.1) is 0 Å². The van der Waals surface area contributed by atoms with E-state index in [1.807, 2.05) is 0 Å². The second-order valence-corrected chi connectivity index (χ2v) is 7.21. The van der Waals surface area contributed by atoms with E-state index in [0.29, 0.717) is 27.0 Å². The zero-order valence-electron chi connectivity index (χ0n) is 16.9. The molecule has 2 N–H and O–H groups in total. The van der Waals surface area contributed by atoms with Crippen molar-refractivity contribution in [2.45, 2.75) is 0 Å². The molecule has 9 heteroatoms. The lowest BCUT2D eigenvalue weighted by Crippen LogP contribution is -2.32. The van der Waals surface area contributed by atoms with Gasteiger partial charge in [-0.25, -0.2) is 10.2 Å². The standard InChI is InChI=1S/C23H18BrN3O5/c1-31-20-10-6-5-9-18(20)26-21(28)22(29)27-25-14-16-13-17(24)11-12-19(16)32-23(30)15-7-3-2-4-8-15/h2-14H,1H3,(H,26,28)(H,27,29). The third kappa shape index (κ3) is 6.02. The summed E-state index contributed by atoms with van der Waals surface area (Å²) in [6, 6.07) is 20.1. The van der Waals surface area contributed by atoms with Crippen molar-refractivity contribution in [3.63, 3.8) is 0 Å². The largest absolute Gasteiger partial charge is 0.495 e. The Morgan fingerprint density at radius 3 is 2.38 bits per heavy atom. The summed E-state index contributed by atoms with van der Waals surface area (Å²) in [6.07, 6.45) is 1.27. The van der Waals surface area contributed by atoms with Crippen molar-refractivity contribution in [3.8, 4) is 11.5 Å². The molecule has 0 aliphatic heterocycles. The Hall–Kier alpha value is -3.98. The normalized spacial score (nSPS) is 10.4. The number of halogens is 1. The van der Waals surface area contributed by atoms with Gasteiger partial charge in [-0.1, -0.05) is 46.3 Å². The molecule has 8 nitrogen and oxygen atoms in total. The van der Waals surface area contributed by atoms with Crippen molar-refractivity contribution in [2.24, 2.45) is 5.10 Å². The number of nitrogens with one attached hydrogen (secondary N) is 2. The number of nitrogens with zero attached hydrogens (tertiary/aromatic N) is 1. The summed E-state index contributed by atoms with van der Waals surface area (Å²) < 4.78 is 11.3. The van der Waals surface area contributed by atoms with Gasteiger partial charge in [-0.05, 0) is 42.5 Å². The van der Waals surface area contributed by atoms with Gasteiger partial charge in [-0.3, -0.25) is 9.59 Å². The lowest BCUT2D eigenvalue weighted by atomic mass is 10.2. The smallest absolute Gasteiger partial charge is 0.343 e. The molecular weight excluding hydrogens is 478 g/mol. The van der Waals surface area contributed by atoms with E-state index in [0.717, 1.165) is 0 Å². The van der Waals surface area contributed by atoms with Gasteiger partial charge >= 0.3 is 17.8 Å². The van der Waals surface area contributed by atoms with E-state index in [2.05, 4.69) is 31.8 Å². The van der Waals surface area contributed by atoms with E-state index < -0.39 is 17.8 Å². The molecule has 32 heavy (non-hydrogen) atoms. The van der Waals surface area contributed by atoms with Crippen LogP contribution in [0.1, 0.15) is 15.9 Å². The highest BCUT2D eigenvalue weighted by Crippen LogP contribution is 2.24. The molecule has 0 aliphatic carbocycles. The number of amides is 2. The van der Waals surface area contributed by atoms with Crippen molar-refractivity contribution in [3.05, 3.63) is 88.4 Å². The summed E-state index contributed by atoms with van der Waals surface area (Å²) in [5, 5.41) is 6.25. The first-order chi connectivity index (χ1) is 15.5. The first-order valence-electron chi connectivity index (χ1n) is 9.32. The van der Waals surface area contributed by atoms with Crippen LogP contribution in [0.5, 0.6) is 11.5 Å². The van der Waals surface area contributed by atoms with E-state index >= 15 is 0 Å². The summed E-state index contributed by atoms with van der Waals surface area (Å²) in [6.45, 7) is 0. The molecule has 0 radical (unpaired) electrons. The minimum Gasteiger partial charge on any atom is -0.495 e. The average Bonchev–Trinajstić information content (AvgIpc) is 2.81. The highest BCUT2D eigenvalue weighted by molar-refractivity contribution is 9.10. The van der Waals surface area contributed by atoms with Gasteiger partial charge in [0.15, 0.2) is 0 Å². The quantitative estimate of drug-likeness (QED) is 0.178. The molecule has 0 heterocycles. The molecular formula is C23H18BrN3O5. The number of hydrogen-bond acceptors (Lipinski definition) is 6. The van der Waals surface area contributed by atoms with Gasteiger partial charge < -0.3 is 14.8 Å². The van der Waals surface area contributed by atoms with E-state index in [1.54, 1.807) is 72.8 Å². The van der Waals surface area contributed by atoms with Crippen LogP contribution >= 0.6 is 15.9 Å². The third-order valence-electron chi connectivity index (χ3n) is 4.12. The Morgan fingerprint density at radius 1 is 0.906 bits per heavy atom. The van der Waals surface area contributed by atoms with Crippen LogP contribution < -0.4 is 20.2 Å². The summed E-state index contributed by atoms with van der Waals surface area (Å²) >= 11 is 3.34. The SMILES string of the molecule is COc1ccccc1NC(=O)C(=O)NN=Cc1cc(Br)ccc1OC(=O)c1ccccc1. The summed E-state index contributed by atoms with van der Waals surface area (Å²) in [5.41, 5.74) is 3.29. The van der Waals surface area contributed by atoms with Crippen LogP contribution in [-0.4, -0.2) is 31.1 Å². The van der Waals surface area contributed by atoms with Crippen molar-refractivity contribution < 1.29 is 23.9 Å². The van der Waals surface area contributed by atoms with Gasteiger partial charge in [0.25, 0.3) is 0 Å². The van der Waals surface area contributed by atoms with Gasteiger partial charge in [-0.15, -0.1) is 0 Å².